The number of nitrogens with zero attached hydrogens (tertiary/aromatic N) is 5. The maximum Gasteiger partial charge on any atom is 0.277 e. The first-order valence-corrected chi connectivity index (χ1v) is 7.75. The van der Waals surface area contributed by atoms with Crippen LogP contribution in [-0.4, -0.2) is 36.8 Å². The lowest BCUT2D eigenvalue weighted by Gasteiger charge is -1.99. The summed E-state index contributed by atoms with van der Waals surface area (Å²) in [6, 6.07) is 3.53. The minimum absolute atomic E-state index is 0.133. The molecule has 0 radical (unpaired) electrons. The smallest absolute Gasteiger partial charge is 0.277 e. The van der Waals surface area contributed by atoms with Gasteiger partial charge in [-0.15, -0.1) is 10.2 Å². The van der Waals surface area contributed by atoms with E-state index in [0.717, 1.165) is 17.5 Å². The van der Waals surface area contributed by atoms with Crippen molar-refractivity contribution in [2.45, 2.75) is 25.6 Å². The van der Waals surface area contributed by atoms with Crippen LogP contribution in [0.3, 0.4) is 0 Å². The summed E-state index contributed by atoms with van der Waals surface area (Å²) >= 11 is 1.15. The molecule has 0 saturated heterocycles. The summed E-state index contributed by atoms with van der Waals surface area (Å²) in [6.45, 7) is 4.09. The Morgan fingerprint density at radius 2 is 2.26 bits per heavy atom. The quantitative estimate of drug-likeness (QED) is 0.677. The molecule has 0 aliphatic carbocycles. The van der Waals surface area contributed by atoms with Crippen molar-refractivity contribution >= 4 is 23.5 Å². The van der Waals surface area contributed by atoms with Gasteiger partial charge in [-0.3, -0.25) is 9.48 Å². The van der Waals surface area contributed by atoms with Gasteiger partial charge in [0.05, 0.1) is 5.75 Å². The Hall–Kier alpha value is -2.62. The topological polar surface area (TPSA) is 112 Å². The van der Waals surface area contributed by atoms with E-state index in [1.165, 1.54) is 0 Å². The predicted octanol–water partition coefficient (Wildman–Crippen LogP) is 1.65. The van der Waals surface area contributed by atoms with Gasteiger partial charge in [-0.1, -0.05) is 16.9 Å². The van der Waals surface area contributed by atoms with E-state index in [1.807, 2.05) is 13.0 Å². The summed E-state index contributed by atoms with van der Waals surface area (Å²) in [6.07, 6.45) is 1.71. The highest BCUT2D eigenvalue weighted by molar-refractivity contribution is 7.99. The SMILES string of the molecule is Cc1cc(NC(=O)CSc2nnc(Cn3nccc3C)o2)no1. The second-order valence-corrected chi connectivity index (χ2v) is 5.68. The average molecular weight is 334 g/mol. The fraction of sp³-hybridized carbons (Fsp3) is 0.308. The minimum atomic E-state index is -0.231. The molecule has 3 rings (SSSR count). The molecule has 3 aromatic rings. The van der Waals surface area contributed by atoms with Crippen LogP contribution in [0.5, 0.6) is 0 Å². The summed E-state index contributed by atoms with van der Waals surface area (Å²) in [4.78, 5) is 11.8. The van der Waals surface area contributed by atoms with Crippen molar-refractivity contribution in [2.24, 2.45) is 0 Å². The molecule has 9 nitrogen and oxygen atoms in total. The van der Waals surface area contributed by atoms with Crippen LogP contribution >= 0.6 is 11.8 Å². The van der Waals surface area contributed by atoms with Gasteiger partial charge >= 0.3 is 0 Å². The van der Waals surface area contributed by atoms with Crippen molar-refractivity contribution < 1.29 is 13.7 Å². The number of carbonyl (C=O) groups is 1. The van der Waals surface area contributed by atoms with Crippen molar-refractivity contribution in [3.63, 3.8) is 0 Å². The molecule has 0 atom stereocenters. The second kappa shape index (κ2) is 6.65. The van der Waals surface area contributed by atoms with E-state index in [9.17, 15) is 4.79 Å². The second-order valence-electron chi connectivity index (χ2n) is 4.75. The lowest BCUT2D eigenvalue weighted by atomic mass is 10.5. The molecule has 10 heteroatoms. The average Bonchev–Trinajstić information content (AvgIpc) is 3.22. The first-order chi connectivity index (χ1) is 11.1. The molecule has 120 valence electrons. The monoisotopic (exact) mass is 334 g/mol. The Labute approximate surface area is 135 Å². The molecule has 0 aliphatic heterocycles. The third kappa shape index (κ3) is 3.97. The zero-order valence-corrected chi connectivity index (χ0v) is 13.3. The van der Waals surface area contributed by atoms with Crippen molar-refractivity contribution in [3.8, 4) is 0 Å². The summed E-state index contributed by atoms with van der Waals surface area (Å²) in [5, 5.41) is 18.6. The van der Waals surface area contributed by atoms with Crippen LogP contribution in [0.4, 0.5) is 5.82 Å². The van der Waals surface area contributed by atoms with Gasteiger partial charge in [0.25, 0.3) is 5.22 Å². The van der Waals surface area contributed by atoms with Crippen LogP contribution < -0.4 is 5.32 Å². The largest absolute Gasteiger partial charge is 0.414 e. The predicted molar refractivity (Wildman–Crippen MR) is 81.0 cm³/mol. The number of aryl methyl sites for hydroxylation is 2. The van der Waals surface area contributed by atoms with E-state index in [-0.39, 0.29) is 11.7 Å². The number of amides is 1. The third-order valence-corrected chi connectivity index (χ3v) is 3.70. The van der Waals surface area contributed by atoms with Gasteiger partial charge in [0, 0.05) is 18.0 Å². The van der Waals surface area contributed by atoms with Crippen molar-refractivity contribution in [1.29, 1.82) is 0 Å². The third-order valence-electron chi connectivity index (χ3n) is 2.88. The molecule has 0 fully saturated rings. The summed E-state index contributed by atoms with van der Waals surface area (Å²) in [5.41, 5.74) is 1.000. The fourth-order valence-corrected chi connectivity index (χ4v) is 2.36. The van der Waals surface area contributed by atoms with Crippen LogP contribution in [-0.2, 0) is 11.3 Å². The number of aromatic nitrogens is 5. The fourth-order valence-electron chi connectivity index (χ4n) is 1.78. The van der Waals surface area contributed by atoms with Gasteiger partial charge in [-0.25, -0.2) is 0 Å². The normalized spacial score (nSPS) is 10.9. The highest BCUT2D eigenvalue weighted by Gasteiger charge is 2.12. The number of anilines is 1. The first kappa shape index (κ1) is 15.3. The maximum absolute atomic E-state index is 11.8. The Balaban J connectivity index is 1.51. The highest BCUT2D eigenvalue weighted by Crippen LogP contribution is 2.17. The number of rotatable bonds is 6. The molecule has 1 amide bonds. The lowest BCUT2D eigenvalue weighted by molar-refractivity contribution is -0.113. The highest BCUT2D eigenvalue weighted by atomic mass is 32.2. The Morgan fingerprint density at radius 3 is 2.96 bits per heavy atom. The zero-order valence-electron chi connectivity index (χ0n) is 12.5. The maximum atomic E-state index is 11.8. The molecule has 3 heterocycles. The summed E-state index contributed by atoms with van der Waals surface area (Å²) < 4.78 is 12.1. The molecular weight excluding hydrogens is 320 g/mol. The Morgan fingerprint density at radius 1 is 1.39 bits per heavy atom. The van der Waals surface area contributed by atoms with E-state index >= 15 is 0 Å². The summed E-state index contributed by atoms with van der Waals surface area (Å²) in [5.74, 6) is 1.35. The van der Waals surface area contributed by atoms with Crippen LogP contribution in [0.15, 0.2) is 32.5 Å². The van der Waals surface area contributed by atoms with Gasteiger partial charge in [0.2, 0.25) is 11.8 Å². The zero-order chi connectivity index (χ0) is 16.2. The number of hydrogen-bond donors (Lipinski definition) is 1. The van der Waals surface area contributed by atoms with Crippen LogP contribution in [0.1, 0.15) is 17.3 Å². The van der Waals surface area contributed by atoms with Crippen LogP contribution in [0.2, 0.25) is 0 Å². The number of carbonyl (C=O) groups excluding carboxylic acids is 1. The van der Waals surface area contributed by atoms with Gasteiger partial charge in [-0.05, 0) is 19.9 Å². The molecule has 0 saturated carbocycles. The Kier molecular flexibility index (Phi) is 4.42. The van der Waals surface area contributed by atoms with E-state index in [4.69, 9.17) is 8.94 Å². The number of nitrogens with one attached hydrogen (secondary N) is 1. The molecule has 0 aliphatic rings. The molecule has 23 heavy (non-hydrogen) atoms. The first-order valence-electron chi connectivity index (χ1n) is 6.77. The molecule has 0 bridgehead atoms. The van der Waals surface area contributed by atoms with Gasteiger partial charge in [0.1, 0.15) is 12.3 Å². The Bertz CT molecular complexity index is 808. The van der Waals surface area contributed by atoms with E-state index in [2.05, 4.69) is 25.8 Å². The summed E-state index contributed by atoms with van der Waals surface area (Å²) in [7, 11) is 0. The van der Waals surface area contributed by atoms with Gasteiger partial charge < -0.3 is 14.3 Å². The standard InChI is InChI=1S/C13H14N6O3S/c1-8-3-4-14-19(8)6-12-16-17-13(21-12)23-7-11(20)15-10-5-9(2)22-18-10/h3-5H,6-7H2,1-2H3,(H,15,18,20). The molecule has 0 aromatic carbocycles. The number of thioether (sulfide) groups is 1. The van der Waals surface area contributed by atoms with Gasteiger partial charge in [0.15, 0.2) is 5.82 Å². The van der Waals surface area contributed by atoms with Crippen LogP contribution in [0, 0.1) is 13.8 Å². The molecule has 0 spiro atoms. The molecule has 3 aromatic heterocycles. The van der Waals surface area contributed by atoms with Crippen molar-refractivity contribution in [2.75, 3.05) is 11.1 Å². The van der Waals surface area contributed by atoms with E-state index < -0.39 is 0 Å². The molecular formula is C13H14N6O3S. The lowest BCUT2D eigenvalue weighted by Crippen LogP contribution is -2.14. The van der Waals surface area contributed by atoms with Crippen molar-refractivity contribution in [3.05, 3.63) is 35.7 Å². The molecule has 1 N–H and O–H groups in total. The van der Waals surface area contributed by atoms with Crippen molar-refractivity contribution in [1.82, 2.24) is 25.1 Å². The van der Waals surface area contributed by atoms with E-state index in [0.29, 0.717) is 29.2 Å². The minimum Gasteiger partial charge on any atom is -0.414 e. The molecule has 0 unspecified atom stereocenters. The van der Waals surface area contributed by atoms with Gasteiger partial charge in [-0.2, -0.15) is 5.10 Å². The van der Waals surface area contributed by atoms with Crippen LogP contribution in [0.25, 0.3) is 0 Å². The van der Waals surface area contributed by atoms with E-state index in [1.54, 1.807) is 23.9 Å². The number of hydrogen-bond acceptors (Lipinski definition) is 8.